The number of rotatable bonds is 6. The van der Waals surface area contributed by atoms with Crippen LogP contribution in [0, 0.1) is 10.1 Å². The molecular formula is C11H13BrN2O4. The van der Waals surface area contributed by atoms with Crippen molar-refractivity contribution >= 4 is 33.3 Å². The molecule has 0 saturated heterocycles. The highest BCUT2D eigenvalue weighted by Crippen LogP contribution is 2.31. The Balaban J connectivity index is 3.06. The van der Waals surface area contributed by atoms with Gasteiger partial charge in [0.1, 0.15) is 5.69 Å². The summed E-state index contributed by atoms with van der Waals surface area (Å²) in [6, 6.07) is 4.62. The molecule has 0 spiro atoms. The zero-order valence-corrected chi connectivity index (χ0v) is 11.4. The lowest BCUT2D eigenvalue weighted by Gasteiger charge is -2.22. The zero-order valence-electron chi connectivity index (χ0n) is 9.80. The molecule has 0 aliphatic rings. The van der Waals surface area contributed by atoms with Gasteiger partial charge in [0.05, 0.1) is 11.3 Å². The fourth-order valence-corrected chi connectivity index (χ4v) is 1.93. The maximum atomic E-state index is 10.9. The van der Waals surface area contributed by atoms with E-state index in [2.05, 4.69) is 15.9 Å². The Kier molecular flexibility index (Phi) is 5.08. The second kappa shape index (κ2) is 6.34. The molecule has 98 valence electrons. The molecule has 1 aromatic rings. The Bertz CT molecular complexity index is 464. The summed E-state index contributed by atoms with van der Waals surface area (Å²) in [7, 11) is 0. The van der Waals surface area contributed by atoms with Crippen molar-refractivity contribution in [3.05, 3.63) is 32.8 Å². The number of anilines is 1. The van der Waals surface area contributed by atoms with Crippen molar-refractivity contribution in [2.24, 2.45) is 0 Å². The summed E-state index contributed by atoms with van der Waals surface area (Å²) >= 11 is 3.26. The minimum absolute atomic E-state index is 0.0227. The monoisotopic (exact) mass is 316 g/mol. The van der Waals surface area contributed by atoms with E-state index in [-0.39, 0.29) is 18.7 Å². The zero-order chi connectivity index (χ0) is 13.7. The molecule has 1 rings (SSSR count). The van der Waals surface area contributed by atoms with Gasteiger partial charge in [0.15, 0.2) is 0 Å². The molecular weight excluding hydrogens is 304 g/mol. The quantitative estimate of drug-likeness (QED) is 0.644. The Labute approximate surface area is 112 Å². The fourth-order valence-electron chi connectivity index (χ4n) is 1.58. The van der Waals surface area contributed by atoms with E-state index in [0.29, 0.717) is 12.2 Å². The number of carboxylic acids is 1. The second-order valence-electron chi connectivity index (χ2n) is 3.61. The number of benzene rings is 1. The van der Waals surface area contributed by atoms with Gasteiger partial charge in [0, 0.05) is 23.6 Å². The molecule has 0 heterocycles. The van der Waals surface area contributed by atoms with Gasteiger partial charge >= 0.3 is 5.97 Å². The second-order valence-corrected chi connectivity index (χ2v) is 4.53. The summed E-state index contributed by atoms with van der Waals surface area (Å²) < 4.78 is 0.719. The van der Waals surface area contributed by atoms with E-state index in [4.69, 9.17) is 5.11 Å². The molecule has 6 nitrogen and oxygen atoms in total. The van der Waals surface area contributed by atoms with Crippen molar-refractivity contribution < 1.29 is 14.8 Å². The summed E-state index contributed by atoms with van der Waals surface area (Å²) in [6.45, 7) is 2.57. The number of carbonyl (C=O) groups is 1. The first-order valence-electron chi connectivity index (χ1n) is 5.36. The van der Waals surface area contributed by atoms with Crippen LogP contribution in [0.3, 0.4) is 0 Å². The van der Waals surface area contributed by atoms with Crippen LogP contribution < -0.4 is 4.90 Å². The number of nitrogens with zero attached hydrogens (tertiary/aromatic N) is 2. The predicted molar refractivity (Wildman–Crippen MR) is 70.9 cm³/mol. The van der Waals surface area contributed by atoms with Crippen molar-refractivity contribution in [3.8, 4) is 0 Å². The molecule has 0 amide bonds. The SMILES string of the molecule is CCN(CCC(=O)O)c1cc(Br)ccc1[N+](=O)[O-]. The third-order valence-corrected chi connectivity index (χ3v) is 2.95. The Morgan fingerprint density at radius 3 is 2.72 bits per heavy atom. The van der Waals surface area contributed by atoms with Crippen LogP contribution in [0.15, 0.2) is 22.7 Å². The molecule has 0 fully saturated rings. The summed E-state index contributed by atoms with van der Waals surface area (Å²) in [5.41, 5.74) is 0.406. The van der Waals surface area contributed by atoms with Crippen molar-refractivity contribution in [2.75, 3.05) is 18.0 Å². The number of halogens is 1. The minimum atomic E-state index is -0.925. The van der Waals surface area contributed by atoms with Crippen molar-refractivity contribution in [2.45, 2.75) is 13.3 Å². The van der Waals surface area contributed by atoms with Crippen LogP contribution in [-0.2, 0) is 4.79 Å². The van der Waals surface area contributed by atoms with Crippen LogP contribution in [0.5, 0.6) is 0 Å². The van der Waals surface area contributed by atoms with Crippen molar-refractivity contribution in [1.29, 1.82) is 0 Å². The highest BCUT2D eigenvalue weighted by Gasteiger charge is 2.19. The van der Waals surface area contributed by atoms with Crippen LogP contribution in [0.1, 0.15) is 13.3 Å². The lowest BCUT2D eigenvalue weighted by molar-refractivity contribution is -0.384. The Morgan fingerprint density at radius 1 is 1.56 bits per heavy atom. The van der Waals surface area contributed by atoms with Gasteiger partial charge in [0.25, 0.3) is 5.69 Å². The van der Waals surface area contributed by atoms with E-state index in [0.717, 1.165) is 4.47 Å². The normalized spacial score (nSPS) is 10.1. The van der Waals surface area contributed by atoms with E-state index in [1.807, 2.05) is 6.92 Å². The first-order valence-corrected chi connectivity index (χ1v) is 6.15. The van der Waals surface area contributed by atoms with Gasteiger partial charge in [-0.2, -0.15) is 0 Å². The molecule has 0 saturated carbocycles. The van der Waals surface area contributed by atoms with Gasteiger partial charge < -0.3 is 10.0 Å². The van der Waals surface area contributed by atoms with Crippen LogP contribution in [0.25, 0.3) is 0 Å². The molecule has 0 atom stereocenters. The lowest BCUT2D eigenvalue weighted by Crippen LogP contribution is -2.26. The molecule has 1 aromatic carbocycles. The first-order chi connectivity index (χ1) is 8.45. The molecule has 0 radical (unpaired) electrons. The molecule has 0 unspecified atom stereocenters. The van der Waals surface area contributed by atoms with Crippen LogP contribution in [0.2, 0.25) is 0 Å². The van der Waals surface area contributed by atoms with Crippen LogP contribution in [0.4, 0.5) is 11.4 Å². The van der Waals surface area contributed by atoms with E-state index in [1.165, 1.54) is 6.07 Å². The number of hydrogen-bond donors (Lipinski definition) is 1. The molecule has 18 heavy (non-hydrogen) atoms. The minimum Gasteiger partial charge on any atom is -0.481 e. The van der Waals surface area contributed by atoms with E-state index in [9.17, 15) is 14.9 Å². The summed E-state index contributed by atoms with van der Waals surface area (Å²) in [5, 5.41) is 19.6. The Morgan fingerprint density at radius 2 is 2.22 bits per heavy atom. The van der Waals surface area contributed by atoms with Crippen LogP contribution in [-0.4, -0.2) is 29.1 Å². The maximum absolute atomic E-state index is 10.9. The number of hydrogen-bond acceptors (Lipinski definition) is 4. The van der Waals surface area contributed by atoms with Gasteiger partial charge in [-0.1, -0.05) is 15.9 Å². The number of nitro benzene ring substituents is 1. The van der Waals surface area contributed by atoms with Crippen LogP contribution >= 0.6 is 15.9 Å². The first kappa shape index (κ1) is 14.4. The van der Waals surface area contributed by atoms with Crippen molar-refractivity contribution in [3.63, 3.8) is 0 Å². The standard InChI is InChI=1S/C11H13BrN2O4/c1-2-13(6-5-11(15)16)10-7-8(12)3-4-9(10)14(17)18/h3-4,7H,2,5-6H2,1H3,(H,15,16). The number of aliphatic carboxylic acids is 1. The number of carboxylic acid groups (broad SMARTS) is 1. The fraction of sp³-hybridized carbons (Fsp3) is 0.364. The summed E-state index contributed by atoms with van der Waals surface area (Å²) in [5.74, 6) is -0.925. The molecule has 7 heteroatoms. The smallest absolute Gasteiger partial charge is 0.305 e. The molecule has 1 N–H and O–H groups in total. The third kappa shape index (κ3) is 3.69. The van der Waals surface area contributed by atoms with Gasteiger partial charge in [-0.05, 0) is 19.1 Å². The van der Waals surface area contributed by atoms with Gasteiger partial charge in [-0.25, -0.2) is 0 Å². The average Bonchev–Trinajstić information content (AvgIpc) is 2.29. The highest BCUT2D eigenvalue weighted by atomic mass is 79.9. The van der Waals surface area contributed by atoms with Gasteiger partial charge in [0.2, 0.25) is 0 Å². The predicted octanol–water partition coefficient (Wildman–Crippen LogP) is 2.66. The largest absolute Gasteiger partial charge is 0.481 e. The summed E-state index contributed by atoms with van der Waals surface area (Å²) in [6.07, 6.45) is -0.0580. The van der Waals surface area contributed by atoms with E-state index in [1.54, 1.807) is 17.0 Å². The molecule has 0 aliphatic carbocycles. The average molecular weight is 317 g/mol. The Hall–Kier alpha value is -1.63. The van der Waals surface area contributed by atoms with Gasteiger partial charge in [-0.3, -0.25) is 14.9 Å². The number of nitro groups is 1. The van der Waals surface area contributed by atoms with Gasteiger partial charge in [-0.15, -0.1) is 0 Å². The summed E-state index contributed by atoms with van der Waals surface area (Å²) in [4.78, 5) is 22.7. The maximum Gasteiger partial charge on any atom is 0.305 e. The third-order valence-electron chi connectivity index (χ3n) is 2.45. The molecule has 0 aromatic heterocycles. The highest BCUT2D eigenvalue weighted by molar-refractivity contribution is 9.10. The van der Waals surface area contributed by atoms with E-state index < -0.39 is 10.9 Å². The van der Waals surface area contributed by atoms with Crippen molar-refractivity contribution in [1.82, 2.24) is 0 Å². The topological polar surface area (TPSA) is 83.7 Å². The molecule has 0 aliphatic heterocycles. The molecule has 0 bridgehead atoms. The van der Waals surface area contributed by atoms with E-state index >= 15 is 0 Å². The lowest BCUT2D eigenvalue weighted by atomic mass is 10.2.